The second kappa shape index (κ2) is 6.75. The summed E-state index contributed by atoms with van der Waals surface area (Å²) in [4.78, 5) is 14.1. The Morgan fingerprint density at radius 1 is 1.25 bits per heavy atom. The molecule has 0 aliphatic heterocycles. The number of anilines is 1. The molecule has 4 nitrogen and oxygen atoms in total. The zero-order valence-electron chi connectivity index (χ0n) is 13.1. The van der Waals surface area contributed by atoms with Crippen LogP contribution in [0.4, 0.5) is 5.69 Å². The number of hydrogen-bond acceptors (Lipinski definition) is 4. The van der Waals surface area contributed by atoms with Gasteiger partial charge in [-0.05, 0) is 44.9 Å². The van der Waals surface area contributed by atoms with Crippen molar-refractivity contribution in [3.8, 4) is 0 Å². The first-order valence-electron chi connectivity index (χ1n) is 6.92. The third-order valence-corrected chi connectivity index (χ3v) is 2.96. The van der Waals surface area contributed by atoms with E-state index in [1.165, 1.54) is 0 Å². The van der Waals surface area contributed by atoms with Gasteiger partial charge in [0, 0.05) is 26.3 Å². The lowest BCUT2D eigenvalue weighted by atomic mass is 9.99. The number of benzene rings is 1. The number of carbonyl (C=O) groups excluding carboxylic acids is 1. The Morgan fingerprint density at radius 2 is 1.80 bits per heavy atom. The maximum absolute atomic E-state index is 12.1. The van der Waals surface area contributed by atoms with Gasteiger partial charge in [0.1, 0.15) is 5.60 Å². The Bertz CT molecular complexity index is 433. The highest BCUT2D eigenvalue weighted by Crippen LogP contribution is 2.17. The van der Waals surface area contributed by atoms with Gasteiger partial charge in [-0.1, -0.05) is 12.1 Å². The summed E-state index contributed by atoms with van der Waals surface area (Å²) in [5.74, 6) is -0.517. The van der Waals surface area contributed by atoms with E-state index >= 15 is 0 Å². The average Bonchev–Trinajstić information content (AvgIpc) is 2.34. The number of esters is 1. The summed E-state index contributed by atoms with van der Waals surface area (Å²) in [5.41, 5.74) is 7.47. The molecule has 0 aromatic heterocycles. The minimum absolute atomic E-state index is 0.225. The van der Waals surface area contributed by atoms with E-state index in [1.807, 2.05) is 64.0 Å². The molecule has 0 saturated carbocycles. The van der Waals surface area contributed by atoms with Crippen molar-refractivity contribution in [2.45, 2.75) is 32.8 Å². The Hall–Kier alpha value is -1.55. The molecule has 0 radical (unpaired) electrons. The van der Waals surface area contributed by atoms with Crippen LogP contribution in [-0.2, 0) is 16.0 Å². The van der Waals surface area contributed by atoms with E-state index in [2.05, 4.69) is 0 Å². The third-order valence-electron chi connectivity index (χ3n) is 2.96. The molecule has 1 rings (SSSR count). The van der Waals surface area contributed by atoms with E-state index in [0.717, 1.165) is 11.3 Å². The average molecular weight is 278 g/mol. The number of hydrogen-bond donors (Lipinski definition) is 1. The number of nitrogens with zero attached hydrogens (tertiary/aromatic N) is 1. The molecule has 1 unspecified atom stereocenters. The van der Waals surface area contributed by atoms with Gasteiger partial charge < -0.3 is 15.4 Å². The van der Waals surface area contributed by atoms with E-state index in [9.17, 15) is 4.79 Å². The molecule has 0 amide bonds. The summed E-state index contributed by atoms with van der Waals surface area (Å²) in [6.07, 6.45) is 0.610. The number of carbonyl (C=O) groups is 1. The Morgan fingerprint density at radius 3 is 2.20 bits per heavy atom. The van der Waals surface area contributed by atoms with Crippen molar-refractivity contribution < 1.29 is 9.53 Å². The van der Waals surface area contributed by atoms with E-state index in [0.29, 0.717) is 13.0 Å². The minimum atomic E-state index is -0.473. The second-order valence-corrected chi connectivity index (χ2v) is 6.23. The highest BCUT2D eigenvalue weighted by molar-refractivity contribution is 5.73. The fourth-order valence-corrected chi connectivity index (χ4v) is 1.86. The maximum Gasteiger partial charge on any atom is 0.311 e. The summed E-state index contributed by atoms with van der Waals surface area (Å²) in [6, 6.07) is 8.14. The molecule has 4 heteroatoms. The van der Waals surface area contributed by atoms with Gasteiger partial charge in [-0.2, -0.15) is 0 Å². The standard InChI is InChI=1S/C16H26N2O2/c1-16(2,3)20-15(19)13(11-17)10-12-6-8-14(9-7-12)18(4)5/h6-9,13H,10-11,17H2,1-5H3. The van der Waals surface area contributed by atoms with Gasteiger partial charge in [-0.25, -0.2) is 0 Å². The molecule has 2 N–H and O–H groups in total. The lowest BCUT2D eigenvalue weighted by Crippen LogP contribution is -2.33. The predicted octanol–water partition coefficient (Wildman–Crippen LogP) is 2.21. The predicted molar refractivity (Wildman–Crippen MR) is 82.9 cm³/mol. The number of ether oxygens (including phenoxy) is 1. The third kappa shape index (κ3) is 5.21. The van der Waals surface area contributed by atoms with Crippen molar-refractivity contribution in [3.05, 3.63) is 29.8 Å². The van der Waals surface area contributed by atoms with Gasteiger partial charge in [0.05, 0.1) is 5.92 Å². The molecule has 20 heavy (non-hydrogen) atoms. The molecule has 0 aliphatic carbocycles. The summed E-state index contributed by atoms with van der Waals surface area (Å²) >= 11 is 0. The zero-order chi connectivity index (χ0) is 15.3. The molecular formula is C16H26N2O2. The van der Waals surface area contributed by atoms with Gasteiger partial charge in [0.25, 0.3) is 0 Å². The molecule has 0 heterocycles. The van der Waals surface area contributed by atoms with Crippen LogP contribution in [0.25, 0.3) is 0 Å². The van der Waals surface area contributed by atoms with E-state index < -0.39 is 5.60 Å². The van der Waals surface area contributed by atoms with E-state index in [1.54, 1.807) is 0 Å². The zero-order valence-corrected chi connectivity index (χ0v) is 13.1. The fraction of sp³-hybridized carbons (Fsp3) is 0.562. The van der Waals surface area contributed by atoms with Crippen LogP contribution in [0.3, 0.4) is 0 Å². The molecule has 0 fully saturated rings. The highest BCUT2D eigenvalue weighted by Gasteiger charge is 2.24. The lowest BCUT2D eigenvalue weighted by Gasteiger charge is -2.23. The molecule has 1 aromatic carbocycles. The Balaban J connectivity index is 2.71. The summed E-state index contributed by atoms with van der Waals surface area (Å²) in [7, 11) is 4.00. The summed E-state index contributed by atoms with van der Waals surface area (Å²) in [6.45, 7) is 5.89. The Kier molecular flexibility index (Phi) is 5.57. The van der Waals surface area contributed by atoms with Crippen molar-refractivity contribution in [1.29, 1.82) is 0 Å². The first-order valence-corrected chi connectivity index (χ1v) is 6.92. The molecule has 1 aromatic rings. The van der Waals surface area contributed by atoms with Crippen LogP contribution in [0.5, 0.6) is 0 Å². The Labute approximate surface area is 121 Å². The SMILES string of the molecule is CN(C)c1ccc(CC(CN)C(=O)OC(C)(C)C)cc1. The molecule has 0 aliphatic rings. The molecular weight excluding hydrogens is 252 g/mol. The minimum Gasteiger partial charge on any atom is -0.460 e. The van der Waals surface area contributed by atoms with Gasteiger partial charge >= 0.3 is 5.97 Å². The van der Waals surface area contributed by atoms with Gasteiger partial charge in [0.2, 0.25) is 0 Å². The quantitative estimate of drug-likeness (QED) is 0.839. The smallest absolute Gasteiger partial charge is 0.311 e. The fourth-order valence-electron chi connectivity index (χ4n) is 1.86. The van der Waals surface area contributed by atoms with Gasteiger partial charge in [0.15, 0.2) is 0 Å². The van der Waals surface area contributed by atoms with Crippen LogP contribution in [0, 0.1) is 5.92 Å². The van der Waals surface area contributed by atoms with Gasteiger partial charge in [-0.3, -0.25) is 4.79 Å². The van der Waals surface area contributed by atoms with Gasteiger partial charge in [-0.15, -0.1) is 0 Å². The van der Waals surface area contributed by atoms with Crippen molar-refractivity contribution in [3.63, 3.8) is 0 Å². The summed E-state index contributed by atoms with van der Waals surface area (Å²) in [5, 5.41) is 0. The van der Waals surface area contributed by atoms with Crippen LogP contribution in [0.1, 0.15) is 26.3 Å². The first-order chi connectivity index (χ1) is 9.23. The van der Waals surface area contributed by atoms with Crippen LogP contribution in [0.15, 0.2) is 24.3 Å². The van der Waals surface area contributed by atoms with Crippen molar-refractivity contribution >= 4 is 11.7 Å². The number of rotatable bonds is 5. The van der Waals surface area contributed by atoms with E-state index in [4.69, 9.17) is 10.5 Å². The van der Waals surface area contributed by atoms with Crippen LogP contribution >= 0.6 is 0 Å². The van der Waals surface area contributed by atoms with Crippen LogP contribution in [-0.4, -0.2) is 32.2 Å². The summed E-state index contributed by atoms with van der Waals surface area (Å²) < 4.78 is 5.40. The monoisotopic (exact) mass is 278 g/mol. The van der Waals surface area contributed by atoms with Crippen LogP contribution in [0.2, 0.25) is 0 Å². The van der Waals surface area contributed by atoms with Crippen LogP contribution < -0.4 is 10.6 Å². The first kappa shape index (κ1) is 16.5. The molecule has 0 spiro atoms. The molecule has 112 valence electrons. The highest BCUT2D eigenvalue weighted by atomic mass is 16.6. The second-order valence-electron chi connectivity index (χ2n) is 6.23. The van der Waals surface area contributed by atoms with Crippen molar-refractivity contribution in [2.24, 2.45) is 11.7 Å². The van der Waals surface area contributed by atoms with E-state index in [-0.39, 0.29) is 11.9 Å². The van der Waals surface area contributed by atoms with Crippen molar-refractivity contribution in [1.82, 2.24) is 0 Å². The molecule has 0 bridgehead atoms. The normalized spacial score (nSPS) is 12.9. The van der Waals surface area contributed by atoms with Crippen molar-refractivity contribution in [2.75, 3.05) is 25.5 Å². The number of nitrogens with two attached hydrogens (primary N) is 1. The molecule has 1 atom stereocenters. The largest absolute Gasteiger partial charge is 0.460 e. The lowest BCUT2D eigenvalue weighted by molar-refractivity contribution is -0.159. The molecule has 0 saturated heterocycles. The maximum atomic E-state index is 12.1. The topological polar surface area (TPSA) is 55.6 Å².